The van der Waals surface area contributed by atoms with Gasteiger partial charge in [0, 0.05) is 0 Å². The predicted octanol–water partition coefficient (Wildman–Crippen LogP) is 1.07. The van der Waals surface area contributed by atoms with Gasteiger partial charge in [0.25, 0.3) is 0 Å². The predicted molar refractivity (Wildman–Crippen MR) is 61.7 cm³/mol. The smallest absolute Gasteiger partial charge is 0.234 e. The SMILES string of the molecule is NC(=O)C(N)CC1CCC2(CCCCC2)O1. The molecule has 2 aliphatic rings. The number of carbonyl (C=O) groups excluding carboxylic acids is 1. The molecule has 4 heteroatoms. The van der Waals surface area contributed by atoms with Gasteiger partial charge in [-0.15, -0.1) is 0 Å². The first kappa shape index (κ1) is 11.9. The van der Waals surface area contributed by atoms with Crippen LogP contribution in [0.2, 0.25) is 0 Å². The molecule has 0 aromatic rings. The highest BCUT2D eigenvalue weighted by Crippen LogP contribution is 2.42. The van der Waals surface area contributed by atoms with E-state index < -0.39 is 11.9 Å². The Morgan fingerprint density at radius 2 is 2.00 bits per heavy atom. The third kappa shape index (κ3) is 2.55. The van der Waals surface area contributed by atoms with Crippen molar-refractivity contribution < 1.29 is 9.53 Å². The summed E-state index contributed by atoms with van der Waals surface area (Å²) in [7, 11) is 0. The van der Waals surface area contributed by atoms with E-state index in [1.54, 1.807) is 0 Å². The van der Waals surface area contributed by atoms with E-state index in [2.05, 4.69) is 0 Å². The topological polar surface area (TPSA) is 78.3 Å². The molecular formula is C12H22N2O2. The number of amides is 1. The average molecular weight is 226 g/mol. The van der Waals surface area contributed by atoms with Crippen LogP contribution < -0.4 is 11.5 Å². The molecule has 0 aromatic carbocycles. The van der Waals surface area contributed by atoms with E-state index in [0.717, 1.165) is 12.8 Å². The third-order valence-corrected chi connectivity index (χ3v) is 3.99. The number of hydrogen-bond donors (Lipinski definition) is 2. The lowest BCUT2D eigenvalue weighted by Gasteiger charge is -2.33. The van der Waals surface area contributed by atoms with Crippen molar-refractivity contribution in [3.63, 3.8) is 0 Å². The minimum absolute atomic E-state index is 0.111. The van der Waals surface area contributed by atoms with Crippen molar-refractivity contribution in [3.05, 3.63) is 0 Å². The average Bonchev–Trinajstić information content (AvgIpc) is 2.62. The number of hydrogen-bond acceptors (Lipinski definition) is 3. The minimum atomic E-state index is -0.552. The molecule has 0 aromatic heterocycles. The van der Waals surface area contributed by atoms with E-state index in [1.807, 2.05) is 0 Å². The van der Waals surface area contributed by atoms with Crippen molar-refractivity contribution in [2.75, 3.05) is 0 Å². The van der Waals surface area contributed by atoms with Crippen LogP contribution in [-0.4, -0.2) is 23.7 Å². The first-order valence-corrected chi connectivity index (χ1v) is 6.34. The summed E-state index contributed by atoms with van der Waals surface area (Å²) in [6.45, 7) is 0. The van der Waals surface area contributed by atoms with Gasteiger partial charge in [-0.2, -0.15) is 0 Å². The fourth-order valence-corrected chi connectivity index (χ4v) is 3.02. The molecule has 1 saturated carbocycles. The van der Waals surface area contributed by atoms with Gasteiger partial charge in [0.15, 0.2) is 0 Å². The summed E-state index contributed by atoms with van der Waals surface area (Å²) in [6, 6.07) is -0.552. The lowest BCUT2D eigenvalue weighted by Crippen LogP contribution is -2.40. The van der Waals surface area contributed by atoms with Crippen molar-refractivity contribution >= 4 is 5.91 Å². The van der Waals surface area contributed by atoms with Gasteiger partial charge in [0.2, 0.25) is 5.91 Å². The van der Waals surface area contributed by atoms with Gasteiger partial charge in [0.1, 0.15) is 0 Å². The van der Waals surface area contributed by atoms with Crippen LogP contribution in [-0.2, 0) is 9.53 Å². The number of carbonyl (C=O) groups is 1. The van der Waals surface area contributed by atoms with Crippen LogP contribution in [0.25, 0.3) is 0 Å². The van der Waals surface area contributed by atoms with Crippen LogP contribution in [0.3, 0.4) is 0 Å². The molecule has 1 spiro atoms. The number of primary amides is 1. The molecule has 16 heavy (non-hydrogen) atoms. The first-order chi connectivity index (χ1) is 7.61. The summed E-state index contributed by atoms with van der Waals surface area (Å²) in [4.78, 5) is 10.9. The highest BCUT2D eigenvalue weighted by Gasteiger charge is 2.41. The first-order valence-electron chi connectivity index (χ1n) is 6.34. The quantitative estimate of drug-likeness (QED) is 0.755. The molecule has 0 radical (unpaired) electrons. The summed E-state index contributed by atoms with van der Waals surface area (Å²) in [6.07, 6.45) is 9.10. The zero-order valence-corrected chi connectivity index (χ0v) is 9.78. The zero-order valence-electron chi connectivity index (χ0n) is 9.78. The van der Waals surface area contributed by atoms with E-state index in [-0.39, 0.29) is 11.7 Å². The van der Waals surface area contributed by atoms with Gasteiger partial charge in [-0.25, -0.2) is 0 Å². The molecule has 2 rings (SSSR count). The molecule has 2 unspecified atom stereocenters. The number of nitrogens with two attached hydrogens (primary N) is 2. The molecule has 1 aliphatic carbocycles. The van der Waals surface area contributed by atoms with Crippen molar-refractivity contribution in [2.24, 2.45) is 11.5 Å². The van der Waals surface area contributed by atoms with E-state index in [4.69, 9.17) is 16.2 Å². The van der Waals surface area contributed by atoms with E-state index in [1.165, 1.54) is 32.1 Å². The minimum Gasteiger partial charge on any atom is -0.372 e. The fourth-order valence-electron chi connectivity index (χ4n) is 3.02. The molecule has 2 atom stereocenters. The Morgan fingerprint density at radius 3 is 2.62 bits per heavy atom. The molecule has 1 heterocycles. The standard InChI is InChI=1S/C12H22N2O2/c13-10(11(14)15)8-9-4-7-12(16-9)5-2-1-3-6-12/h9-10H,1-8,13H2,(H2,14,15). The van der Waals surface area contributed by atoms with E-state index >= 15 is 0 Å². The van der Waals surface area contributed by atoms with Crippen LogP contribution in [0.1, 0.15) is 51.4 Å². The Balaban J connectivity index is 1.85. The Bertz CT molecular complexity index is 262. The second kappa shape index (κ2) is 4.72. The number of rotatable bonds is 3. The zero-order chi connectivity index (χ0) is 11.6. The molecule has 1 saturated heterocycles. The van der Waals surface area contributed by atoms with Gasteiger partial charge in [-0.3, -0.25) is 4.79 Å². The van der Waals surface area contributed by atoms with Gasteiger partial charge in [0.05, 0.1) is 17.7 Å². The lowest BCUT2D eigenvalue weighted by atomic mass is 9.83. The highest BCUT2D eigenvalue weighted by molar-refractivity contribution is 5.79. The summed E-state index contributed by atoms with van der Waals surface area (Å²) < 4.78 is 6.12. The van der Waals surface area contributed by atoms with Crippen molar-refractivity contribution in [3.8, 4) is 0 Å². The van der Waals surface area contributed by atoms with Gasteiger partial charge >= 0.3 is 0 Å². The summed E-state index contributed by atoms with van der Waals surface area (Å²) in [5, 5.41) is 0. The summed E-state index contributed by atoms with van der Waals surface area (Å²) in [5.41, 5.74) is 10.9. The molecule has 4 nitrogen and oxygen atoms in total. The molecular weight excluding hydrogens is 204 g/mol. The van der Waals surface area contributed by atoms with Gasteiger partial charge in [-0.05, 0) is 32.1 Å². The maximum atomic E-state index is 10.9. The van der Waals surface area contributed by atoms with Crippen molar-refractivity contribution in [1.29, 1.82) is 0 Å². The Kier molecular flexibility index (Phi) is 3.50. The molecule has 0 bridgehead atoms. The van der Waals surface area contributed by atoms with Crippen LogP contribution in [0.15, 0.2) is 0 Å². The Labute approximate surface area is 96.7 Å². The molecule has 1 amide bonds. The highest BCUT2D eigenvalue weighted by atomic mass is 16.5. The van der Waals surface area contributed by atoms with E-state index in [0.29, 0.717) is 6.42 Å². The van der Waals surface area contributed by atoms with E-state index in [9.17, 15) is 4.79 Å². The lowest BCUT2D eigenvalue weighted by molar-refractivity contribution is -0.121. The van der Waals surface area contributed by atoms with Gasteiger partial charge < -0.3 is 16.2 Å². The maximum absolute atomic E-state index is 10.9. The molecule has 1 aliphatic heterocycles. The van der Waals surface area contributed by atoms with Gasteiger partial charge in [-0.1, -0.05) is 19.3 Å². The number of ether oxygens (including phenoxy) is 1. The summed E-state index contributed by atoms with van der Waals surface area (Å²) >= 11 is 0. The van der Waals surface area contributed by atoms with Crippen molar-refractivity contribution in [1.82, 2.24) is 0 Å². The van der Waals surface area contributed by atoms with Crippen LogP contribution in [0, 0.1) is 0 Å². The maximum Gasteiger partial charge on any atom is 0.234 e. The third-order valence-electron chi connectivity index (χ3n) is 3.99. The van der Waals surface area contributed by atoms with Crippen LogP contribution in [0.5, 0.6) is 0 Å². The summed E-state index contributed by atoms with van der Waals surface area (Å²) in [5.74, 6) is -0.423. The van der Waals surface area contributed by atoms with Crippen molar-refractivity contribution in [2.45, 2.75) is 69.1 Å². The Morgan fingerprint density at radius 1 is 1.31 bits per heavy atom. The normalized spacial score (nSPS) is 30.4. The molecule has 4 N–H and O–H groups in total. The monoisotopic (exact) mass is 226 g/mol. The largest absolute Gasteiger partial charge is 0.372 e. The molecule has 92 valence electrons. The van der Waals surface area contributed by atoms with Crippen LogP contribution in [0.4, 0.5) is 0 Å². The fraction of sp³-hybridized carbons (Fsp3) is 0.917. The second-order valence-corrected chi connectivity index (χ2v) is 5.27. The molecule has 2 fully saturated rings. The Hall–Kier alpha value is -0.610. The van der Waals surface area contributed by atoms with Crippen LogP contribution >= 0.6 is 0 Å². The second-order valence-electron chi connectivity index (χ2n) is 5.27.